The molecule has 0 radical (unpaired) electrons. The second-order valence-electron chi connectivity index (χ2n) is 7.80. The van der Waals surface area contributed by atoms with Crippen LogP contribution < -0.4 is 5.32 Å². The summed E-state index contributed by atoms with van der Waals surface area (Å²) in [7, 11) is 0. The molecular weight excluding hydrogens is 406 g/mol. The zero-order chi connectivity index (χ0) is 21.0. The minimum Gasteiger partial charge on any atom is -0.411 e. The van der Waals surface area contributed by atoms with Gasteiger partial charge in [0.25, 0.3) is 5.22 Å². The Morgan fingerprint density at radius 2 is 1.76 bits per heavy atom. The number of thioether (sulfide) groups is 1. The number of hydrogen-bond donors (Lipinski definition) is 1. The summed E-state index contributed by atoms with van der Waals surface area (Å²) in [4.78, 5) is 12.3. The summed E-state index contributed by atoms with van der Waals surface area (Å²) in [6.45, 7) is 8.76. The van der Waals surface area contributed by atoms with Crippen LogP contribution in [0.25, 0.3) is 11.5 Å². The first-order valence-electron chi connectivity index (χ1n) is 9.35. The van der Waals surface area contributed by atoms with Gasteiger partial charge in [-0.2, -0.15) is 0 Å². The molecule has 0 aliphatic rings. The molecule has 5 nitrogen and oxygen atoms in total. The number of nitrogens with one attached hydrogen (secondary N) is 1. The number of rotatable bonds is 6. The number of carbonyl (C=O) groups is 1. The zero-order valence-electron chi connectivity index (χ0n) is 16.9. The van der Waals surface area contributed by atoms with Crippen LogP contribution in [0.4, 0.5) is 0 Å². The van der Waals surface area contributed by atoms with Crippen LogP contribution in [0, 0.1) is 0 Å². The van der Waals surface area contributed by atoms with Gasteiger partial charge in [-0.1, -0.05) is 68.4 Å². The molecule has 0 aliphatic heterocycles. The molecular formula is C22H24ClN3O2S. The highest BCUT2D eigenvalue weighted by atomic mass is 35.5. The van der Waals surface area contributed by atoms with Gasteiger partial charge < -0.3 is 9.73 Å². The third kappa shape index (κ3) is 5.84. The van der Waals surface area contributed by atoms with Gasteiger partial charge in [0.1, 0.15) is 0 Å². The molecule has 7 heteroatoms. The second kappa shape index (κ2) is 9.01. The maximum Gasteiger partial charge on any atom is 0.277 e. The molecule has 0 saturated carbocycles. The number of aromatic nitrogens is 2. The van der Waals surface area contributed by atoms with Crippen molar-refractivity contribution in [3.05, 3.63) is 64.7 Å². The van der Waals surface area contributed by atoms with Crippen molar-refractivity contribution in [2.45, 2.75) is 50.1 Å². The first-order valence-corrected chi connectivity index (χ1v) is 10.6. The van der Waals surface area contributed by atoms with Crippen LogP contribution in [0.3, 0.4) is 0 Å². The molecule has 1 atom stereocenters. The van der Waals surface area contributed by atoms with Crippen LogP contribution in [0.5, 0.6) is 0 Å². The van der Waals surface area contributed by atoms with Crippen molar-refractivity contribution in [3.63, 3.8) is 0 Å². The highest BCUT2D eigenvalue weighted by Gasteiger charge is 2.19. The van der Waals surface area contributed by atoms with Gasteiger partial charge in [-0.15, -0.1) is 10.2 Å². The lowest BCUT2D eigenvalue weighted by Gasteiger charge is -2.18. The lowest BCUT2D eigenvalue weighted by Crippen LogP contribution is -2.30. The van der Waals surface area contributed by atoms with Crippen LogP contribution >= 0.6 is 23.4 Å². The van der Waals surface area contributed by atoms with E-state index in [2.05, 4.69) is 48.4 Å². The summed E-state index contributed by atoms with van der Waals surface area (Å²) >= 11 is 7.11. The first-order chi connectivity index (χ1) is 13.7. The van der Waals surface area contributed by atoms with E-state index >= 15 is 0 Å². The standard InChI is InChI=1S/C22H24ClN3O2S/c1-14(19(27)24-13-15-5-11-18(23)12-6-15)29-21-26-25-20(28-21)16-7-9-17(10-8-16)22(2,3)4/h5-12,14H,13H2,1-4H3,(H,24,27). The summed E-state index contributed by atoms with van der Waals surface area (Å²) in [5.41, 5.74) is 3.17. The molecule has 0 aliphatic carbocycles. The first kappa shape index (κ1) is 21.4. The fourth-order valence-electron chi connectivity index (χ4n) is 2.63. The van der Waals surface area contributed by atoms with E-state index < -0.39 is 0 Å². The fraction of sp³-hybridized carbons (Fsp3) is 0.318. The summed E-state index contributed by atoms with van der Waals surface area (Å²) in [5.74, 6) is 0.348. The van der Waals surface area contributed by atoms with Crippen LogP contribution in [-0.4, -0.2) is 21.4 Å². The SMILES string of the molecule is CC(Sc1nnc(-c2ccc(C(C)(C)C)cc2)o1)C(=O)NCc1ccc(Cl)cc1. The predicted molar refractivity (Wildman–Crippen MR) is 117 cm³/mol. The number of hydrogen-bond acceptors (Lipinski definition) is 5. The lowest BCUT2D eigenvalue weighted by atomic mass is 9.87. The third-order valence-corrected chi connectivity index (χ3v) is 5.62. The van der Waals surface area contributed by atoms with Gasteiger partial charge in [0, 0.05) is 17.1 Å². The van der Waals surface area contributed by atoms with Gasteiger partial charge in [0.2, 0.25) is 11.8 Å². The van der Waals surface area contributed by atoms with Crippen molar-refractivity contribution in [2.24, 2.45) is 0 Å². The van der Waals surface area contributed by atoms with E-state index in [9.17, 15) is 4.79 Å². The van der Waals surface area contributed by atoms with Gasteiger partial charge >= 0.3 is 0 Å². The molecule has 0 saturated heterocycles. The maximum atomic E-state index is 12.3. The smallest absolute Gasteiger partial charge is 0.277 e. The molecule has 0 fully saturated rings. The van der Waals surface area contributed by atoms with Crippen molar-refractivity contribution in [2.75, 3.05) is 0 Å². The Bertz CT molecular complexity index is 963. The minimum absolute atomic E-state index is 0.0865. The van der Waals surface area contributed by atoms with Crippen molar-refractivity contribution in [1.82, 2.24) is 15.5 Å². The van der Waals surface area contributed by atoms with Crippen molar-refractivity contribution in [3.8, 4) is 11.5 Å². The molecule has 1 amide bonds. The molecule has 1 unspecified atom stereocenters. The molecule has 1 N–H and O–H groups in total. The van der Waals surface area contributed by atoms with Gasteiger partial charge in [0.05, 0.1) is 5.25 Å². The summed E-state index contributed by atoms with van der Waals surface area (Å²) in [6.07, 6.45) is 0. The van der Waals surface area contributed by atoms with Crippen molar-refractivity contribution < 1.29 is 9.21 Å². The monoisotopic (exact) mass is 429 g/mol. The predicted octanol–water partition coefficient (Wildman–Crippen LogP) is 5.48. The van der Waals surface area contributed by atoms with E-state index in [0.29, 0.717) is 22.7 Å². The molecule has 1 aromatic heterocycles. The van der Waals surface area contributed by atoms with E-state index in [1.807, 2.05) is 31.2 Å². The Labute approximate surface area is 180 Å². The molecule has 0 spiro atoms. The molecule has 3 aromatic rings. The highest BCUT2D eigenvalue weighted by Crippen LogP contribution is 2.28. The van der Waals surface area contributed by atoms with Crippen molar-refractivity contribution >= 4 is 29.3 Å². The fourth-order valence-corrected chi connectivity index (χ4v) is 3.46. The van der Waals surface area contributed by atoms with E-state index in [1.165, 1.54) is 17.3 Å². The normalized spacial score (nSPS) is 12.6. The van der Waals surface area contributed by atoms with Crippen LogP contribution in [0.1, 0.15) is 38.8 Å². The summed E-state index contributed by atoms with van der Waals surface area (Å²) < 4.78 is 5.74. The minimum atomic E-state index is -0.362. The zero-order valence-corrected chi connectivity index (χ0v) is 18.5. The Kier molecular flexibility index (Phi) is 6.65. The number of carbonyl (C=O) groups excluding carboxylic acids is 1. The Balaban J connectivity index is 1.57. The van der Waals surface area contributed by atoms with Crippen LogP contribution in [0.15, 0.2) is 58.2 Å². The molecule has 0 bridgehead atoms. The lowest BCUT2D eigenvalue weighted by molar-refractivity contribution is -0.120. The molecule has 29 heavy (non-hydrogen) atoms. The van der Waals surface area contributed by atoms with Gasteiger partial charge in [-0.05, 0) is 47.7 Å². The summed E-state index contributed by atoms with van der Waals surface area (Å²) in [6, 6.07) is 15.5. The average molecular weight is 430 g/mol. The molecule has 2 aromatic carbocycles. The average Bonchev–Trinajstić information content (AvgIpc) is 3.15. The number of halogens is 1. The number of benzene rings is 2. The van der Waals surface area contributed by atoms with E-state index in [0.717, 1.165) is 11.1 Å². The quantitative estimate of drug-likeness (QED) is 0.525. The number of nitrogens with zero attached hydrogens (tertiary/aromatic N) is 2. The molecule has 1 heterocycles. The van der Waals surface area contributed by atoms with Gasteiger partial charge in [0.15, 0.2) is 0 Å². The van der Waals surface area contributed by atoms with Crippen LogP contribution in [0.2, 0.25) is 5.02 Å². The van der Waals surface area contributed by atoms with Gasteiger partial charge in [-0.25, -0.2) is 0 Å². The summed E-state index contributed by atoms with van der Waals surface area (Å²) in [5, 5.41) is 11.8. The second-order valence-corrected chi connectivity index (χ2v) is 9.53. The Morgan fingerprint density at radius 3 is 2.38 bits per heavy atom. The highest BCUT2D eigenvalue weighted by molar-refractivity contribution is 8.00. The van der Waals surface area contributed by atoms with Crippen molar-refractivity contribution in [1.29, 1.82) is 0 Å². The maximum absolute atomic E-state index is 12.3. The van der Waals surface area contributed by atoms with Crippen LogP contribution in [-0.2, 0) is 16.8 Å². The van der Waals surface area contributed by atoms with E-state index in [-0.39, 0.29) is 16.6 Å². The van der Waals surface area contributed by atoms with E-state index in [1.54, 1.807) is 12.1 Å². The largest absolute Gasteiger partial charge is 0.411 e. The molecule has 3 rings (SSSR count). The Hall–Kier alpha value is -2.31. The molecule has 152 valence electrons. The number of amides is 1. The van der Waals surface area contributed by atoms with Gasteiger partial charge in [-0.3, -0.25) is 4.79 Å². The third-order valence-electron chi connectivity index (χ3n) is 4.43. The van der Waals surface area contributed by atoms with E-state index in [4.69, 9.17) is 16.0 Å². The topological polar surface area (TPSA) is 68.0 Å². The Morgan fingerprint density at radius 1 is 1.10 bits per heavy atom.